The Balaban J connectivity index is 1.08. The van der Waals surface area contributed by atoms with Gasteiger partial charge in [0.2, 0.25) is 5.91 Å². The van der Waals surface area contributed by atoms with Crippen LogP contribution in [0.5, 0.6) is 11.5 Å². The molecule has 0 radical (unpaired) electrons. The van der Waals surface area contributed by atoms with Crippen molar-refractivity contribution in [3.8, 4) is 11.5 Å². The van der Waals surface area contributed by atoms with Gasteiger partial charge >= 0.3 is 0 Å². The topological polar surface area (TPSA) is 44.8 Å². The highest BCUT2D eigenvalue weighted by Gasteiger charge is 2.32. The maximum absolute atomic E-state index is 13.2. The Morgan fingerprint density at radius 2 is 1.56 bits per heavy atom. The number of rotatable bonds is 7. The summed E-state index contributed by atoms with van der Waals surface area (Å²) in [6.07, 6.45) is 2.07. The number of hydrogen-bond donors (Lipinski definition) is 1. The van der Waals surface area contributed by atoms with E-state index < -0.39 is 0 Å². The van der Waals surface area contributed by atoms with E-state index in [2.05, 4.69) is 46.3 Å². The maximum atomic E-state index is 13.2. The van der Waals surface area contributed by atoms with Crippen LogP contribution in [0.25, 0.3) is 0 Å². The molecule has 1 fully saturated rings. The van der Waals surface area contributed by atoms with Crippen molar-refractivity contribution in [1.82, 2.24) is 10.2 Å². The Kier molecular flexibility index (Phi) is 6.82. The largest absolute Gasteiger partial charge is 0.457 e. The van der Waals surface area contributed by atoms with Crippen LogP contribution in [-0.2, 0) is 4.79 Å². The number of carbonyl (C=O) groups excluding carboxylic acids is 1. The van der Waals surface area contributed by atoms with Crippen LogP contribution in [0.1, 0.15) is 35.4 Å². The SMILES string of the molecule is Cc1cccc(N2CCN(CCCCNC(=O)C3c4ccccc4Oc4ccccc43)CC2)c1. The van der Waals surface area contributed by atoms with Crippen LogP contribution in [0.3, 0.4) is 0 Å². The van der Waals surface area contributed by atoms with Gasteiger partial charge in [-0.15, -0.1) is 0 Å². The van der Waals surface area contributed by atoms with E-state index in [-0.39, 0.29) is 11.8 Å². The lowest BCUT2D eigenvalue weighted by atomic mass is 9.87. The molecule has 2 aliphatic heterocycles. The molecule has 0 saturated carbocycles. The van der Waals surface area contributed by atoms with Crippen molar-refractivity contribution in [2.24, 2.45) is 0 Å². The monoisotopic (exact) mass is 455 g/mol. The minimum absolute atomic E-state index is 0.0509. The maximum Gasteiger partial charge on any atom is 0.232 e. The minimum atomic E-state index is -0.323. The molecule has 2 heterocycles. The van der Waals surface area contributed by atoms with Gasteiger partial charge in [-0.05, 0) is 56.1 Å². The second-order valence-corrected chi connectivity index (χ2v) is 9.28. The number of nitrogens with one attached hydrogen (secondary N) is 1. The van der Waals surface area contributed by atoms with Crippen molar-refractivity contribution in [3.05, 3.63) is 89.5 Å². The molecule has 5 nitrogen and oxygen atoms in total. The zero-order valence-electron chi connectivity index (χ0n) is 19.9. The number of anilines is 1. The second kappa shape index (κ2) is 10.3. The number of unbranched alkanes of at least 4 members (excludes halogenated alkanes) is 1. The van der Waals surface area contributed by atoms with Gasteiger partial charge in [-0.2, -0.15) is 0 Å². The number of para-hydroxylation sites is 2. The van der Waals surface area contributed by atoms with Gasteiger partial charge < -0.3 is 15.0 Å². The summed E-state index contributed by atoms with van der Waals surface area (Å²) in [5.41, 5.74) is 4.52. The van der Waals surface area contributed by atoms with Gasteiger partial charge in [0, 0.05) is 49.5 Å². The molecule has 5 rings (SSSR count). The number of benzene rings is 3. The molecule has 3 aromatic rings. The first kappa shape index (κ1) is 22.5. The fraction of sp³-hybridized carbons (Fsp3) is 0.345. The average molecular weight is 456 g/mol. The van der Waals surface area contributed by atoms with E-state index in [0.717, 1.165) is 68.2 Å². The van der Waals surface area contributed by atoms with Gasteiger partial charge in [0.05, 0.1) is 5.92 Å². The predicted octanol–water partition coefficient (Wildman–Crippen LogP) is 4.95. The quantitative estimate of drug-likeness (QED) is 0.512. The summed E-state index contributed by atoms with van der Waals surface area (Å²) in [7, 11) is 0. The zero-order valence-corrected chi connectivity index (χ0v) is 19.9. The van der Waals surface area contributed by atoms with Gasteiger partial charge in [-0.3, -0.25) is 9.69 Å². The summed E-state index contributed by atoms with van der Waals surface area (Å²) in [5, 5.41) is 3.18. The molecule has 0 aromatic heterocycles. The van der Waals surface area contributed by atoms with E-state index in [4.69, 9.17) is 4.74 Å². The average Bonchev–Trinajstić information content (AvgIpc) is 2.87. The Morgan fingerprint density at radius 1 is 0.882 bits per heavy atom. The number of nitrogens with zero attached hydrogens (tertiary/aromatic N) is 2. The van der Waals surface area contributed by atoms with Crippen molar-refractivity contribution in [2.45, 2.75) is 25.7 Å². The Labute approximate surface area is 202 Å². The molecule has 0 atom stereocenters. The Morgan fingerprint density at radius 3 is 2.24 bits per heavy atom. The lowest BCUT2D eigenvalue weighted by molar-refractivity contribution is -0.121. The van der Waals surface area contributed by atoms with Crippen molar-refractivity contribution >= 4 is 11.6 Å². The van der Waals surface area contributed by atoms with E-state index in [1.165, 1.54) is 11.3 Å². The highest BCUT2D eigenvalue weighted by molar-refractivity contribution is 5.89. The summed E-state index contributed by atoms with van der Waals surface area (Å²) in [6, 6.07) is 24.5. The second-order valence-electron chi connectivity index (χ2n) is 9.28. The van der Waals surface area contributed by atoms with E-state index >= 15 is 0 Å². The fourth-order valence-electron chi connectivity index (χ4n) is 5.02. The lowest BCUT2D eigenvalue weighted by Gasteiger charge is -2.36. The third kappa shape index (κ3) is 4.95. The first-order valence-corrected chi connectivity index (χ1v) is 12.4. The summed E-state index contributed by atoms with van der Waals surface area (Å²) in [5.74, 6) is 1.27. The molecule has 0 spiro atoms. The first-order chi connectivity index (χ1) is 16.7. The number of piperazine rings is 1. The summed E-state index contributed by atoms with van der Waals surface area (Å²) < 4.78 is 6.02. The molecular weight excluding hydrogens is 422 g/mol. The molecule has 34 heavy (non-hydrogen) atoms. The Bertz CT molecular complexity index is 1090. The van der Waals surface area contributed by atoms with Gasteiger partial charge in [0.25, 0.3) is 0 Å². The molecule has 0 unspecified atom stereocenters. The van der Waals surface area contributed by atoms with Crippen LogP contribution < -0.4 is 15.0 Å². The van der Waals surface area contributed by atoms with Gasteiger partial charge in [-0.1, -0.05) is 48.5 Å². The Hall–Kier alpha value is -3.31. The third-order valence-corrected chi connectivity index (χ3v) is 6.88. The van der Waals surface area contributed by atoms with Crippen LogP contribution in [0.4, 0.5) is 5.69 Å². The van der Waals surface area contributed by atoms with Gasteiger partial charge in [0.15, 0.2) is 0 Å². The van der Waals surface area contributed by atoms with Crippen molar-refractivity contribution in [3.63, 3.8) is 0 Å². The summed E-state index contributed by atoms with van der Waals surface area (Å²) in [4.78, 5) is 18.2. The molecule has 3 aromatic carbocycles. The third-order valence-electron chi connectivity index (χ3n) is 6.88. The number of amides is 1. The van der Waals surface area contributed by atoms with Crippen LogP contribution in [0.15, 0.2) is 72.8 Å². The number of ether oxygens (including phenoxy) is 1. The summed E-state index contributed by atoms with van der Waals surface area (Å²) >= 11 is 0. The smallest absolute Gasteiger partial charge is 0.232 e. The predicted molar refractivity (Wildman–Crippen MR) is 137 cm³/mol. The lowest BCUT2D eigenvalue weighted by Crippen LogP contribution is -2.46. The van der Waals surface area contributed by atoms with Crippen molar-refractivity contribution in [2.75, 3.05) is 44.2 Å². The van der Waals surface area contributed by atoms with Crippen LogP contribution >= 0.6 is 0 Å². The standard InChI is InChI=1S/C29H33N3O2/c1-22-9-8-10-23(21-22)32-19-17-31(18-20-32)16-7-6-15-30-29(33)28-24-11-2-4-13-26(24)34-27-14-5-3-12-25(27)28/h2-5,8-14,21,28H,6-7,15-20H2,1H3,(H,30,33). The van der Waals surface area contributed by atoms with Crippen LogP contribution in [0, 0.1) is 6.92 Å². The minimum Gasteiger partial charge on any atom is -0.457 e. The van der Waals surface area contributed by atoms with E-state index in [0.29, 0.717) is 6.54 Å². The van der Waals surface area contributed by atoms with Crippen molar-refractivity contribution in [1.29, 1.82) is 0 Å². The first-order valence-electron chi connectivity index (χ1n) is 12.4. The number of fused-ring (bicyclic) bond motifs is 2. The van der Waals surface area contributed by atoms with E-state index in [1.807, 2.05) is 48.5 Å². The highest BCUT2D eigenvalue weighted by Crippen LogP contribution is 2.43. The normalized spacial score (nSPS) is 15.9. The fourth-order valence-corrected chi connectivity index (χ4v) is 5.02. The molecular formula is C29H33N3O2. The van der Waals surface area contributed by atoms with Crippen LogP contribution in [0.2, 0.25) is 0 Å². The highest BCUT2D eigenvalue weighted by atomic mass is 16.5. The summed E-state index contributed by atoms with van der Waals surface area (Å²) in [6.45, 7) is 8.26. The van der Waals surface area contributed by atoms with Gasteiger partial charge in [0.1, 0.15) is 11.5 Å². The molecule has 0 aliphatic carbocycles. The number of hydrogen-bond acceptors (Lipinski definition) is 4. The molecule has 0 bridgehead atoms. The number of carbonyl (C=O) groups is 1. The molecule has 2 aliphatic rings. The number of aryl methyl sites for hydroxylation is 1. The van der Waals surface area contributed by atoms with Gasteiger partial charge in [-0.25, -0.2) is 0 Å². The van der Waals surface area contributed by atoms with Crippen LogP contribution in [-0.4, -0.2) is 50.1 Å². The molecule has 176 valence electrons. The van der Waals surface area contributed by atoms with E-state index in [1.54, 1.807) is 0 Å². The van der Waals surface area contributed by atoms with Crippen molar-refractivity contribution < 1.29 is 9.53 Å². The zero-order chi connectivity index (χ0) is 23.3. The molecule has 1 amide bonds. The van der Waals surface area contributed by atoms with E-state index in [9.17, 15) is 4.79 Å². The molecule has 1 saturated heterocycles. The molecule has 1 N–H and O–H groups in total. The molecule has 5 heteroatoms.